The fraction of sp³-hybridized carbons (Fsp3) is 0.143. The molecule has 0 aliphatic rings. The standard InChI is InChI=1S/C14H10Cl2F2O/c15-11-2-1-3-13(18)10(11)7-14(19)9-5-4-8(17)6-12(9)16/h1-6,14,19H,7H2. The van der Waals surface area contributed by atoms with Crippen molar-refractivity contribution in [1.82, 2.24) is 0 Å². The largest absolute Gasteiger partial charge is 0.388 e. The zero-order valence-electron chi connectivity index (χ0n) is 9.71. The van der Waals surface area contributed by atoms with E-state index in [4.69, 9.17) is 23.2 Å². The number of halogens is 4. The van der Waals surface area contributed by atoms with Crippen LogP contribution in [-0.4, -0.2) is 5.11 Å². The van der Waals surface area contributed by atoms with Crippen LogP contribution in [0.25, 0.3) is 0 Å². The Morgan fingerprint density at radius 3 is 2.42 bits per heavy atom. The molecule has 0 aliphatic heterocycles. The predicted molar refractivity (Wildman–Crippen MR) is 71.5 cm³/mol. The lowest BCUT2D eigenvalue weighted by atomic mass is 10.0. The molecule has 0 aromatic heterocycles. The van der Waals surface area contributed by atoms with Gasteiger partial charge in [0.2, 0.25) is 0 Å². The second-order valence-electron chi connectivity index (χ2n) is 4.09. The van der Waals surface area contributed by atoms with Gasteiger partial charge in [-0.25, -0.2) is 8.78 Å². The van der Waals surface area contributed by atoms with E-state index in [1.807, 2.05) is 0 Å². The number of aliphatic hydroxyl groups is 1. The second kappa shape index (κ2) is 5.87. The van der Waals surface area contributed by atoms with Gasteiger partial charge in [-0.3, -0.25) is 0 Å². The van der Waals surface area contributed by atoms with Crippen molar-refractivity contribution in [2.75, 3.05) is 0 Å². The highest BCUT2D eigenvalue weighted by Gasteiger charge is 2.17. The zero-order chi connectivity index (χ0) is 14.0. The van der Waals surface area contributed by atoms with Crippen molar-refractivity contribution in [3.05, 3.63) is 69.2 Å². The van der Waals surface area contributed by atoms with Crippen LogP contribution < -0.4 is 0 Å². The molecule has 5 heteroatoms. The van der Waals surface area contributed by atoms with Crippen LogP contribution in [0, 0.1) is 11.6 Å². The first-order valence-corrected chi connectivity index (χ1v) is 6.30. The van der Waals surface area contributed by atoms with Crippen LogP contribution in [0.1, 0.15) is 17.2 Å². The van der Waals surface area contributed by atoms with E-state index in [2.05, 4.69) is 0 Å². The lowest BCUT2D eigenvalue weighted by Gasteiger charge is -2.14. The summed E-state index contributed by atoms with van der Waals surface area (Å²) in [6, 6.07) is 7.95. The molecule has 1 atom stereocenters. The van der Waals surface area contributed by atoms with E-state index in [1.54, 1.807) is 6.07 Å². The van der Waals surface area contributed by atoms with Crippen LogP contribution in [0.5, 0.6) is 0 Å². The zero-order valence-corrected chi connectivity index (χ0v) is 11.2. The molecule has 2 rings (SSSR count). The van der Waals surface area contributed by atoms with Gasteiger partial charge in [0.05, 0.1) is 6.10 Å². The molecule has 0 aliphatic carbocycles. The van der Waals surface area contributed by atoms with E-state index in [1.165, 1.54) is 24.3 Å². The predicted octanol–water partition coefficient (Wildman–Crippen LogP) is 4.55. The van der Waals surface area contributed by atoms with Crippen LogP contribution in [0.4, 0.5) is 8.78 Å². The molecule has 0 heterocycles. The van der Waals surface area contributed by atoms with Crippen LogP contribution in [0.2, 0.25) is 10.0 Å². The highest BCUT2D eigenvalue weighted by Crippen LogP contribution is 2.29. The fourth-order valence-corrected chi connectivity index (χ4v) is 2.34. The molecule has 2 aromatic carbocycles. The van der Waals surface area contributed by atoms with Gasteiger partial charge in [0.25, 0.3) is 0 Å². The Morgan fingerprint density at radius 2 is 1.79 bits per heavy atom. The fourth-order valence-electron chi connectivity index (χ4n) is 1.80. The molecule has 1 nitrogen and oxygen atoms in total. The first-order valence-electron chi connectivity index (χ1n) is 5.55. The molecule has 0 radical (unpaired) electrons. The average molecular weight is 303 g/mol. The second-order valence-corrected chi connectivity index (χ2v) is 4.90. The Hall–Kier alpha value is -1.16. The number of aliphatic hydroxyl groups excluding tert-OH is 1. The van der Waals surface area contributed by atoms with Crippen molar-refractivity contribution >= 4 is 23.2 Å². The number of benzene rings is 2. The molecule has 2 aromatic rings. The number of rotatable bonds is 3. The van der Waals surface area contributed by atoms with Gasteiger partial charge >= 0.3 is 0 Å². The summed E-state index contributed by atoms with van der Waals surface area (Å²) in [7, 11) is 0. The molecule has 0 bridgehead atoms. The van der Waals surface area contributed by atoms with Gasteiger partial charge in [-0.15, -0.1) is 0 Å². The summed E-state index contributed by atoms with van der Waals surface area (Å²) in [4.78, 5) is 0. The van der Waals surface area contributed by atoms with E-state index in [0.29, 0.717) is 5.56 Å². The maximum Gasteiger partial charge on any atom is 0.127 e. The highest BCUT2D eigenvalue weighted by molar-refractivity contribution is 6.31. The van der Waals surface area contributed by atoms with Crippen LogP contribution >= 0.6 is 23.2 Å². The molecule has 100 valence electrons. The quantitative estimate of drug-likeness (QED) is 0.882. The molecule has 0 spiro atoms. The first-order chi connectivity index (χ1) is 8.99. The maximum atomic E-state index is 13.6. The van der Waals surface area contributed by atoms with Gasteiger partial charge in [0.15, 0.2) is 0 Å². The summed E-state index contributed by atoms with van der Waals surface area (Å²) in [5.41, 5.74) is 0.541. The van der Waals surface area contributed by atoms with Gasteiger partial charge in [0, 0.05) is 22.0 Å². The van der Waals surface area contributed by atoms with Crippen molar-refractivity contribution in [3.63, 3.8) is 0 Å². The van der Waals surface area contributed by atoms with Gasteiger partial charge < -0.3 is 5.11 Å². The average Bonchev–Trinajstić information content (AvgIpc) is 2.33. The van der Waals surface area contributed by atoms with Gasteiger partial charge in [-0.1, -0.05) is 35.3 Å². The van der Waals surface area contributed by atoms with Crippen molar-refractivity contribution in [2.45, 2.75) is 12.5 Å². The molecular weight excluding hydrogens is 293 g/mol. The van der Waals surface area contributed by atoms with Crippen molar-refractivity contribution in [3.8, 4) is 0 Å². The normalized spacial score (nSPS) is 12.5. The van der Waals surface area contributed by atoms with E-state index in [9.17, 15) is 13.9 Å². The van der Waals surface area contributed by atoms with E-state index in [-0.39, 0.29) is 22.0 Å². The monoisotopic (exact) mass is 302 g/mol. The van der Waals surface area contributed by atoms with Gasteiger partial charge in [-0.05, 0) is 29.8 Å². The summed E-state index contributed by atoms with van der Waals surface area (Å²) in [6.45, 7) is 0. The minimum atomic E-state index is -1.05. The minimum Gasteiger partial charge on any atom is -0.388 e. The summed E-state index contributed by atoms with van der Waals surface area (Å²) in [6.07, 6.45) is -1.08. The topological polar surface area (TPSA) is 20.2 Å². The molecular formula is C14H10Cl2F2O. The van der Waals surface area contributed by atoms with Crippen molar-refractivity contribution < 1.29 is 13.9 Å². The third-order valence-corrected chi connectivity index (χ3v) is 3.46. The third kappa shape index (κ3) is 3.24. The molecule has 0 fully saturated rings. The molecule has 0 saturated carbocycles. The summed E-state index contributed by atoms with van der Waals surface area (Å²) in [5, 5.41) is 10.4. The van der Waals surface area contributed by atoms with Gasteiger partial charge in [0.1, 0.15) is 11.6 Å². The summed E-state index contributed by atoms with van der Waals surface area (Å²) < 4.78 is 26.5. The Bertz CT molecular complexity index is 582. The molecule has 19 heavy (non-hydrogen) atoms. The lowest BCUT2D eigenvalue weighted by molar-refractivity contribution is 0.177. The molecule has 0 amide bonds. The Labute approximate surface area is 119 Å². The van der Waals surface area contributed by atoms with Crippen LogP contribution in [0.15, 0.2) is 36.4 Å². The van der Waals surface area contributed by atoms with E-state index >= 15 is 0 Å². The summed E-state index contributed by atoms with van der Waals surface area (Å²) in [5.74, 6) is -0.991. The Balaban J connectivity index is 2.28. The van der Waals surface area contributed by atoms with E-state index < -0.39 is 17.7 Å². The smallest absolute Gasteiger partial charge is 0.127 e. The van der Waals surface area contributed by atoms with Crippen LogP contribution in [0.3, 0.4) is 0 Å². The maximum absolute atomic E-state index is 13.6. The minimum absolute atomic E-state index is 0.0309. The van der Waals surface area contributed by atoms with Gasteiger partial charge in [-0.2, -0.15) is 0 Å². The summed E-state index contributed by atoms with van der Waals surface area (Å²) >= 11 is 11.7. The Morgan fingerprint density at radius 1 is 1.05 bits per heavy atom. The number of hydrogen-bond acceptors (Lipinski definition) is 1. The van der Waals surface area contributed by atoms with Crippen LogP contribution in [-0.2, 0) is 6.42 Å². The lowest BCUT2D eigenvalue weighted by Crippen LogP contribution is -2.05. The third-order valence-electron chi connectivity index (χ3n) is 2.78. The van der Waals surface area contributed by atoms with E-state index in [0.717, 1.165) is 6.07 Å². The first kappa shape index (κ1) is 14.3. The Kier molecular flexibility index (Phi) is 4.40. The van der Waals surface area contributed by atoms with Crippen molar-refractivity contribution in [2.24, 2.45) is 0 Å². The number of hydrogen-bond donors (Lipinski definition) is 1. The van der Waals surface area contributed by atoms with Crippen molar-refractivity contribution in [1.29, 1.82) is 0 Å². The highest BCUT2D eigenvalue weighted by atomic mass is 35.5. The molecule has 1 unspecified atom stereocenters. The molecule has 1 N–H and O–H groups in total. The molecule has 0 saturated heterocycles. The SMILES string of the molecule is OC(Cc1c(F)cccc1Cl)c1ccc(F)cc1Cl.